The number of para-hydroxylation sites is 2. The normalized spacial score (nSPS) is 10.8. The first-order valence-electron chi connectivity index (χ1n) is 9.27. The number of nitrogens with zero attached hydrogens (tertiary/aromatic N) is 1. The Balaban J connectivity index is 0.00000392. The SMILES string of the molecule is CCNC(=NCc1ccccc1OCC)NCCc1cccc(OC)c1O.I. The predicted molar refractivity (Wildman–Crippen MR) is 124 cm³/mol. The van der Waals surface area contributed by atoms with Gasteiger partial charge in [-0.05, 0) is 38.0 Å². The van der Waals surface area contributed by atoms with Gasteiger partial charge in [-0.1, -0.05) is 30.3 Å². The lowest BCUT2D eigenvalue weighted by Gasteiger charge is -2.13. The van der Waals surface area contributed by atoms with Crippen molar-refractivity contribution in [2.24, 2.45) is 4.99 Å². The van der Waals surface area contributed by atoms with Gasteiger partial charge in [-0.15, -0.1) is 24.0 Å². The van der Waals surface area contributed by atoms with Gasteiger partial charge in [-0.25, -0.2) is 4.99 Å². The third-order valence-electron chi connectivity index (χ3n) is 4.01. The summed E-state index contributed by atoms with van der Waals surface area (Å²) in [6.07, 6.45) is 0.656. The second-order valence-corrected chi connectivity index (χ2v) is 5.88. The first kappa shape index (κ1) is 23.9. The molecule has 0 amide bonds. The van der Waals surface area contributed by atoms with Crippen LogP contribution < -0.4 is 20.1 Å². The maximum Gasteiger partial charge on any atom is 0.191 e. The van der Waals surface area contributed by atoms with E-state index < -0.39 is 0 Å². The number of nitrogens with one attached hydrogen (secondary N) is 2. The predicted octanol–water partition coefficient (Wildman–Crippen LogP) is 3.72. The van der Waals surface area contributed by atoms with Crippen molar-refractivity contribution >= 4 is 29.9 Å². The van der Waals surface area contributed by atoms with Crippen molar-refractivity contribution in [1.29, 1.82) is 0 Å². The van der Waals surface area contributed by atoms with Crippen LogP contribution in [0.4, 0.5) is 0 Å². The summed E-state index contributed by atoms with van der Waals surface area (Å²) in [5.74, 6) is 2.27. The number of phenolic OH excluding ortho intramolecular Hbond substituents is 1. The van der Waals surface area contributed by atoms with Gasteiger partial charge in [0.05, 0.1) is 20.3 Å². The molecule has 0 bridgehead atoms. The van der Waals surface area contributed by atoms with Gasteiger partial charge in [0.25, 0.3) is 0 Å². The minimum absolute atomic E-state index is 0. The number of aliphatic imine (C=N–C) groups is 1. The number of rotatable bonds is 9. The molecule has 0 heterocycles. The Morgan fingerprint density at radius 1 is 1.00 bits per heavy atom. The summed E-state index contributed by atoms with van der Waals surface area (Å²) in [5.41, 5.74) is 1.88. The number of benzene rings is 2. The minimum atomic E-state index is 0. The van der Waals surface area contributed by atoms with Crippen LogP contribution in [0.25, 0.3) is 0 Å². The summed E-state index contributed by atoms with van der Waals surface area (Å²) in [6, 6.07) is 13.4. The molecule has 7 heteroatoms. The van der Waals surface area contributed by atoms with E-state index in [0.29, 0.717) is 31.9 Å². The number of hydrogen-bond acceptors (Lipinski definition) is 4. The Morgan fingerprint density at radius 2 is 1.71 bits per heavy atom. The number of methoxy groups -OCH3 is 1. The molecule has 154 valence electrons. The molecular weight excluding hydrogens is 469 g/mol. The highest BCUT2D eigenvalue weighted by Gasteiger charge is 2.07. The molecule has 0 fully saturated rings. The average Bonchev–Trinajstić information content (AvgIpc) is 2.68. The maximum absolute atomic E-state index is 10.2. The van der Waals surface area contributed by atoms with Crippen LogP contribution in [-0.4, -0.2) is 37.9 Å². The lowest BCUT2D eigenvalue weighted by Crippen LogP contribution is -2.38. The highest BCUT2D eigenvalue weighted by molar-refractivity contribution is 14.0. The zero-order valence-corrected chi connectivity index (χ0v) is 19.0. The number of aromatic hydroxyl groups is 1. The van der Waals surface area contributed by atoms with Crippen molar-refractivity contribution in [3.05, 3.63) is 53.6 Å². The van der Waals surface area contributed by atoms with E-state index in [-0.39, 0.29) is 29.7 Å². The summed E-state index contributed by atoms with van der Waals surface area (Å²) in [5, 5.41) is 16.7. The Labute approximate surface area is 184 Å². The Kier molecular flexibility index (Phi) is 11.2. The Morgan fingerprint density at radius 3 is 2.43 bits per heavy atom. The van der Waals surface area contributed by atoms with Gasteiger partial charge in [-0.2, -0.15) is 0 Å². The van der Waals surface area contributed by atoms with Gasteiger partial charge < -0.3 is 25.2 Å². The van der Waals surface area contributed by atoms with Gasteiger partial charge >= 0.3 is 0 Å². The van der Waals surface area contributed by atoms with E-state index >= 15 is 0 Å². The lowest BCUT2D eigenvalue weighted by atomic mass is 10.1. The van der Waals surface area contributed by atoms with E-state index in [9.17, 15) is 5.11 Å². The molecule has 2 aromatic carbocycles. The zero-order valence-electron chi connectivity index (χ0n) is 16.7. The van der Waals surface area contributed by atoms with Crippen molar-refractivity contribution < 1.29 is 14.6 Å². The van der Waals surface area contributed by atoms with Gasteiger partial charge in [0.1, 0.15) is 5.75 Å². The van der Waals surface area contributed by atoms with Gasteiger partial charge in [0.15, 0.2) is 17.5 Å². The summed E-state index contributed by atoms with van der Waals surface area (Å²) in [7, 11) is 1.55. The smallest absolute Gasteiger partial charge is 0.191 e. The van der Waals surface area contributed by atoms with Crippen LogP contribution >= 0.6 is 24.0 Å². The van der Waals surface area contributed by atoms with Gasteiger partial charge in [0.2, 0.25) is 0 Å². The molecule has 0 radical (unpaired) electrons. The first-order valence-corrected chi connectivity index (χ1v) is 9.27. The molecular formula is C21H30IN3O3. The number of phenols is 1. The fraction of sp³-hybridized carbons (Fsp3) is 0.381. The molecule has 6 nitrogen and oxygen atoms in total. The first-order chi connectivity index (χ1) is 13.2. The molecule has 0 aromatic heterocycles. The summed E-state index contributed by atoms with van der Waals surface area (Å²) in [4.78, 5) is 4.64. The van der Waals surface area contributed by atoms with E-state index in [1.165, 1.54) is 0 Å². The zero-order chi connectivity index (χ0) is 19.5. The second-order valence-electron chi connectivity index (χ2n) is 5.88. The van der Waals surface area contributed by atoms with Crippen molar-refractivity contribution in [2.45, 2.75) is 26.8 Å². The highest BCUT2D eigenvalue weighted by atomic mass is 127. The van der Waals surface area contributed by atoms with Crippen LogP contribution in [-0.2, 0) is 13.0 Å². The largest absolute Gasteiger partial charge is 0.504 e. The van der Waals surface area contributed by atoms with E-state index in [1.807, 2.05) is 50.2 Å². The monoisotopic (exact) mass is 499 g/mol. The van der Waals surface area contributed by atoms with Crippen molar-refractivity contribution in [3.63, 3.8) is 0 Å². The van der Waals surface area contributed by atoms with Crippen molar-refractivity contribution in [1.82, 2.24) is 10.6 Å². The maximum atomic E-state index is 10.2. The van der Waals surface area contributed by atoms with Crippen LogP contribution in [0.2, 0.25) is 0 Å². The van der Waals surface area contributed by atoms with Crippen LogP contribution in [0.1, 0.15) is 25.0 Å². The molecule has 0 saturated carbocycles. The van der Waals surface area contributed by atoms with Crippen molar-refractivity contribution in [3.8, 4) is 17.2 Å². The molecule has 0 spiro atoms. The highest BCUT2D eigenvalue weighted by Crippen LogP contribution is 2.29. The van der Waals surface area contributed by atoms with E-state index in [2.05, 4.69) is 15.6 Å². The summed E-state index contributed by atoms with van der Waals surface area (Å²) in [6.45, 7) is 6.56. The third kappa shape index (κ3) is 7.10. The number of guanidine groups is 1. The van der Waals surface area contributed by atoms with E-state index in [0.717, 1.165) is 29.4 Å². The molecule has 0 aliphatic carbocycles. The molecule has 0 saturated heterocycles. The van der Waals surface area contributed by atoms with Crippen LogP contribution in [0.15, 0.2) is 47.5 Å². The Hall–Kier alpha value is -2.16. The average molecular weight is 499 g/mol. The molecule has 28 heavy (non-hydrogen) atoms. The standard InChI is InChI=1S/C21H29N3O3.HI/c1-4-22-21(24-15-17-9-6-7-11-18(17)27-5-2)23-14-13-16-10-8-12-19(26-3)20(16)25;/h6-12,25H,4-5,13-15H2,1-3H3,(H2,22,23,24);1H. The Bertz CT molecular complexity index is 753. The van der Waals surface area contributed by atoms with Crippen molar-refractivity contribution in [2.75, 3.05) is 26.8 Å². The van der Waals surface area contributed by atoms with E-state index in [4.69, 9.17) is 9.47 Å². The number of halogens is 1. The molecule has 0 unspecified atom stereocenters. The molecule has 2 rings (SSSR count). The number of hydrogen-bond donors (Lipinski definition) is 3. The van der Waals surface area contributed by atoms with Gasteiger partial charge in [0, 0.05) is 18.7 Å². The molecule has 2 aromatic rings. The summed E-state index contributed by atoms with van der Waals surface area (Å²) >= 11 is 0. The fourth-order valence-electron chi connectivity index (χ4n) is 2.69. The minimum Gasteiger partial charge on any atom is -0.504 e. The molecule has 3 N–H and O–H groups in total. The van der Waals surface area contributed by atoms with Gasteiger partial charge in [-0.3, -0.25) is 0 Å². The number of ether oxygens (including phenoxy) is 2. The van der Waals surface area contributed by atoms with Crippen LogP contribution in [0.3, 0.4) is 0 Å². The lowest BCUT2D eigenvalue weighted by molar-refractivity contribution is 0.336. The molecule has 0 aliphatic heterocycles. The topological polar surface area (TPSA) is 75.1 Å². The fourth-order valence-corrected chi connectivity index (χ4v) is 2.69. The molecule has 0 aliphatic rings. The second kappa shape index (κ2) is 13.1. The van der Waals surface area contributed by atoms with E-state index in [1.54, 1.807) is 13.2 Å². The quantitative estimate of drug-likeness (QED) is 0.279. The third-order valence-corrected chi connectivity index (χ3v) is 4.01. The van der Waals surface area contributed by atoms with Crippen LogP contribution in [0.5, 0.6) is 17.2 Å². The molecule has 0 atom stereocenters. The van der Waals surface area contributed by atoms with Crippen LogP contribution in [0, 0.1) is 0 Å². The summed E-state index contributed by atoms with van der Waals surface area (Å²) < 4.78 is 10.8.